The van der Waals surface area contributed by atoms with Crippen molar-refractivity contribution in [2.75, 3.05) is 5.73 Å². The van der Waals surface area contributed by atoms with Gasteiger partial charge in [0.25, 0.3) is 0 Å². The summed E-state index contributed by atoms with van der Waals surface area (Å²) in [7, 11) is 0. The van der Waals surface area contributed by atoms with Gasteiger partial charge in [0, 0.05) is 29.6 Å². The van der Waals surface area contributed by atoms with E-state index in [-0.39, 0.29) is 17.3 Å². The highest BCUT2D eigenvalue weighted by Gasteiger charge is 2.23. The number of aryl methyl sites for hydroxylation is 2. The van der Waals surface area contributed by atoms with Crippen LogP contribution in [0.25, 0.3) is 33.6 Å². The molecule has 1 aromatic carbocycles. The Morgan fingerprint density at radius 3 is 2.65 bits per heavy atom. The number of anilines is 1. The van der Waals surface area contributed by atoms with Crippen molar-refractivity contribution in [3.63, 3.8) is 0 Å². The highest BCUT2D eigenvalue weighted by atomic mass is 19.1. The van der Waals surface area contributed by atoms with E-state index in [1.54, 1.807) is 30.6 Å². The van der Waals surface area contributed by atoms with Crippen molar-refractivity contribution < 1.29 is 13.5 Å². The van der Waals surface area contributed by atoms with Crippen LogP contribution in [0.1, 0.15) is 16.8 Å². The number of aromatic nitrogens is 4. The number of benzene rings is 1. The fraction of sp³-hybridized carbons (Fsp3) is 0.0769. The van der Waals surface area contributed by atoms with E-state index in [1.807, 2.05) is 19.9 Å². The molecule has 0 saturated heterocycles. The summed E-state index contributed by atoms with van der Waals surface area (Å²) in [5, 5.41) is 0.478. The first-order chi connectivity index (χ1) is 16.4. The first-order valence-corrected chi connectivity index (χ1v) is 10.3. The zero-order valence-electron chi connectivity index (χ0n) is 18.3. The van der Waals surface area contributed by atoms with Crippen molar-refractivity contribution in [3.8, 4) is 46.4 Å². The Labute approximate surface area is 194 Å². The van der Waals surface area contributed by atoms with Crippen molar-refractivity contribution in [1.29, 1.82) is 0 Å². The maximum atomic E-state index is 15.2. The number of rotatable bonds is 4. The van der Waals surface area contributed by atoms with Crippen LogP contribution < -0.4 is 10.5 Å². The number of nitrogens with two attached hydrogens (primary N) is 1. The van der Waals surface area contributed by atoms with E-state index >= 15 is 4.39 Å². The van der Waals surface area contributed by atoms with E-state index in [1.165, 1.54) is 18.5 Å². The normalized spacial score (nSPS) is 10.9. The summed E-state index contributed by atoms with van der Waals surface area (Å²) in [6.07, 6.45) is 10.0. The number of ether oxygens (including phenoxy) is 1. The zero-order valence-corrected chi connectivity index (χ0v) is 18.3. The molecule has 8 heteroatoms. The van der Waals surface area contributed by atoms with Gasteiger partial charge in [-0.3, -0.25) is 0 Å². The van der Waals surface area contributed by atoms with Gasteiger partial charge in [0.2, 0.25) is 11.6 Å². The van der Waals surface area contributed by atoms with Gasteiger partial charge in [-0.2, -0.15) is 0 Å². The van der Waals surface area contributed by atoms with Crippen molar-refractivity contribution >= 4 is 16.9 Å². The monoisotopic (exact) mass is 451 g/mol. The minimum absolute atomic E-state index is 0.0386. The lowest BCUT2D eigenvalue weighted by molar-refractivity contribution is 0.427. The molecule has 0 spiro atoms. The minimum atomic E-state index is -0.575. The molecule has 7 nitrogen and oxygen atoms in total. The van der Waals surface area contributed by atoms with Crippen LogP contribution in [0.4, 0.5) is 10.2 Å². The second kappa shape index (κ2) is 8.30. The van der Waals surface area contributed by atoms with Gasteiger partial charge in [0.05, 0.1) is 5.39 Å². The summed E-state index contributed by atoms with van der Waals surface area (Å²) >= 11 is 0. The van der Waals surface area contributed by atoms with Gasteiger partial charge >= 0.3 is 0 Å². The molecule has 4 aromatic heterocycles. The van der Waals surface area contributed by atoms with E-state index < -0.39 is 5.82 Å². The van der Waals surface area contributed by atoms with E-state index in [9.17, 15) is 0 Å². The molecule has 5 rings (SSSR count). The van der Waals surface area contributed by atoms with Crippen molar-refractivity contribution in [2.45, 2.75) is 13.8 Å². The number of furan rings is 1. The lowest BCUT2D eigenvalue weighted by Gasteiger charge is -2.10. The Kier molecular flexibility index (Phi) is 5.15. The Bertz CT molecular complexity index is 1600. The third kappa shape index (κ3) is 3.69. The lowest BCUT2D eigenvalue weighted by atomic mass is 9.97. The molecule has 0 atom stereocenters. The van der Waals surface area contributed by atoms with Gasteiger partial charge < -0.3 is 14.9 Å². The molecule has 0 bridgehead atoms. The summed E-state index contributed by atoms with van der Waals surface area (Å²) in [5.41, 5.74) is 10.5. The molecule has 4 heterocycles. The average molecular weight is 451 g/mol. The number of halogens is 1. The molecule has 0 aliphatic heterocycles. The number of terminal acetylenes is 1. The minimum Gasteiger partial charge on any atom is -0.437 e. The second-order valence-electron chi connectivity index (χ2n) is 7.69. The van der Waals surface area contributed by atoms with E-state index in [2.05, 4.69) is 25.9 Å². The zero-order chi connectivity index (χ0) is 23.8. The average Bonchev–Trinajstić information content (AvgIpc) is 3.21. The molecule has 0 unspecified atom stereocenters. The largest absolute Gasteiger partial charge is 0.437 e. The first kappa shape index (κ1) is 21.1. The smallest absolute Gasteiger partial charge is 0.232 e. The SMILES string of the molecule is C#Cc1cc(C)c(-c2oc3ncnc(N)c3c2-c2ccc(Oc3cc(C)ccn3)c(F)c2)cn1. The Morgan fingerprint density at radius 1 is 1.06 bits per heavy atom. The van der Waals surface area contributed by atoms with Crippen molar-refractivity contribution in [1.82, 2.24) is 19.9 Å². The highest BCUT2D eigenvalue weighted by molar-refractivity contribution is 6.05. The van der Waals surface area contributed by atoms with Gasteiger partial charge in [-0.1, -0.05) is 12.0 Å². The second-order valence-corrected chi connectivity index (χ2v) is 7.69. The van der Waals surface area contributed by atoms with E-state index in [4.69, 9.17) is 21.3 Å². The Morgan fingerprint density at radius 2 is 1.91 bits per heavy atom. The van der Waals surface area contributed by atoms with Crippen molar-refractivity contribution in [2.24, 2.45) is 0 Å². The van der Waals surface area contributed by atoms with E-state index in [0.717, 1.165) is 11.1 Å². The molecule has 5 aromatic rings. The molecular formula is C26H18FN5O2. The number of hydrogen-bond acceptors (Lipinski definition) is 7. The topological polar surface area (TPSA) is 100.0 Å². The van der Waals surface area contributed by atoms with Crippen LogP contribution in [0.15, 0.2) is 59.5 Å². The summed E-state index contributed by atoms with van der Waals surface area (Å²) in [5.74, 6) is 2.92. The van der Waals surface area contributed by atoms with Gasteiger partial charge in [-0.15, -0.1) is 6.42 Å². The van der Waals surface area contributed by atoms with Crippen LogP contribution >= 0.6 is 0 Å². The van der Waals surface area contributed by atoms with Crippen LogP contribution in [0.5, 0.6) is 11.6 Å². The number of hydrogen-bond donors (Lipinski definition) is 1. The molecule has 0 aliphatic carbocycles. The molecule has 0 saturated carbocycles. The number of nitrogen functional groups attached to an aromatic ring is 1. The summed E-state index contributed by atoms with van der Waals surface area (Å²) in [4.78, 5) is 16.7. The van der Waals surface area contributed by atoms with E-state index in [0.29, 0.717) is 39.4 Å². The predicted octanol–water partition coefficient (Wildman–Crippen LogP) is 5.46. The van der Waals surface area contributed by atoms with Gasteiger partial charge in [-0.25, -0.2) is 24.3 Å². The number of pyridine rings is 2. The lowest BCUT2D eigenvalue weighted by Crippen LogP contribution is -1.95. The maximum absolute atomic E-state index is 15.2. The quantitative estimate of drug-likeness (QED) is 0.362. The Hall–Kier alpha value is -4.77. The molecule has 0 aliphatic rings. The molecule has 0 radical (unpaired) electrons. The molecule has 2 N–H and O–H groups in total. The standard InChI is InChI=1S/C26H18FN5O2/c1-4-17-10-15(3)18(12-30-17)24-22(23-25(28)31-13-32-26(23)34-24)16-5-6-20(19(27)11-16)33-21-9-14(2)7-8-29-21/h1,5-13H,2-3H3,(H2,28,31,32). The first-order valence-electron chi connectivity index (χ1n) is 10.3. The van der Waals surface area contributed by atoms with Crippen molar-refractivity contribution in [3.05, 3.63) is 77.8 Å². The summed E-state index contributed by atoms with van der Waals surface area (Å²) < 4.78 is 26.9. The van der Waals surface area contributed by atoms with Crippen LogP contribution in [0, 0.1) is 32.0 Å². The van der Waals surface area contributed by atoms with Gasteiger partial charge in [0.1, 0.15) is 23.6 Å². The fourth-order valence-electron chi connectivity index (χ4n) is 3.71. The van der Waals surface area contributed by atoms with Crippen LogP contribution in [0.3, 0.4) is 0 Å². The molecule has 0 amide bonds. The maximum Gasteiger partial charge on any atom is 0.232 e. The molecule has 166 valence electrons. The number of nitrogens with zero attached hydrogens (tertiary/aromatic N) is 4. The van der Waals surface area contributed by atoms with Crippen LogP contribution in [-0.2, 0) is 0 Å². The third-order valence-electron chi connectivity index (χ3n) is 5.35. The predicted molar refractivity (Wildman–Crippen MR) is 127 cm³/mol. The summed E-state index contributed by atoms with van der Waals surface area (Å²) in [6.45, 7) is 3.79. The Balaban J connectivity index is 1.67. The highest BCUT2D eigenvalue weighted by Crippen LogP contribution is 2.43. The third-order valence-corrected chi connectivity index (χ3v) is 5.35. The summed E-state index contributed by atoms with van der Waals surface area (Å²) in [6, 6.07) is 9.93. The molecule has 0 fully saturated rings. The van der Waals surface area contributed by atoms with Crippen LogP contribution in [-0.4, -0.2) is 19.9 Å². The molecule has 34 heavy (non-hydrogen) atoms. The van der Waals surface area contributed by atoms with Gasteiger partial charge in [0.15, 0.2) is 11.6 Å². The van der Waals surface area contributed by atoms with Crippen LogP contribution in [0.2, 0.25) is 0 Å². The van der Waals surface area contributed by atoms with Gasteiger partial charge in [-0.05, 0) is 54.8 Å². The molecular weight excluding hydrogens is 433 g/mol. The number of fused-ring (bicyclic) bond motifs is 1. The fourth-order valence-corrected chi connectivity index (χ4v) is 3.71.